The van der Waals surface area contributed by atoms with Gasteiger partial charge in [0, 0.05) is 24.2 Å². The summed E-state index contributed by atoms with van der Waals surface area (Å²) < 4.78 is 1.29. The van der Waals surface area contributed by atoms with Crippen molar-refractivity contribution in [2.75, 3.05) is 6.54 Å². The summed E-state index contributed by atoms with van der Waals surface area (Å²) in [6, 6.07) is 7.63. The van der Waals surface area contributed by atoms with E-state index < -0.39 is 0 Å². The van der Waals surface area contributed by atoms with Gasteiger partial charge in [-0.25, -0.2) is 9.67 Å². The average molecular weight is 416 g/mol. The van der Waals surface area contributed by atoms with Crippen LogP contribution in [0.5, 0.6) is 0 Å². The van der Waals surface area contributed by atoms with E-state index in [9.17, 15) is 14.4 Å². The van der Waals surface area contributed by atoms with Crippen LogP contribution in [0.2, 0.25) is 5.02 Å². The number of carbonyl (C=O) groups is 1. The van der Waals surface area contributed by atoms with Gasteiger partial charge < -0.3 is 9.88 Å². The second-order valence-corrected chi connectivity index (χ2v) is 7.12. The molecule has 0 saturated carbocycles. The zero-order valence-electron chi connectivity index (χ0n) is 16.3. The van der Waals surface area contributed by atoms with E-state index in [1.165, 1.54) is 16.8 Å². The molecule has 0 spiro atoms. The lowest BCUT2D eigenvalue weighted by molar-refractivity contribution is 0.0730. The Morgan fingerprint density at radius 1 is 1.17 bits per heavy atom. The molecule has 0 aliphatic carbocycles. The Kier molecular flexibility index (Phi) is 6.43. The second kappa shape index (κ2) is 9.00. The van der Waals surface area contributed by atoms with Gasteiger partial charge in [-0.05, 0) is 37.1 Å². The van der Waals surface area contributed by atoms with Crippen molar-refractivity contribution >= 4 is 28.4 Å². The van der Waals surface area contributed by atoms with Crippen LogP contribution in [0.1, 0.15) is 43.0 Å². The smallest absolute Gasteiger partial charge is 0.274 e. The molecule has 152 valence electrons. The SMILES string of the molecule is CCCN(Cc1nc2cc(Cl)ccc2c(=O)[nH]1)C(=O)c1ccc(=O)n(CCC)n1. The predicted octanol–water partition coefficient (Wildman–Crippen LogP) is 2.60. The number of nitrogens with one attached hydrogen (secondary N) is 1. The van der Waals surface area contributed by atoms with Crippen LogP contribution in [0.4, 0.5) is 0 Å². The Balaban J connectivity index is 1.93. The quantitative estimate of drug-likeness (QED) is 0.639. The molecule has 2 aromatic heterocycles. The van der Waals surface area contributed by atoms with Crippen molar-refractivity contribution in [3.05, 3.63) is 67.6 Å². The predicted molar refractivity (Wildman–Crippen MR) is 111 cm³/mol. The minimum Gasteiger partial charge on any atom is -0.330 e. The number of carbonyl (C=O) groups excluding carboxylic acids is 1. The first-order valence-corrected chi connectivity index (χ1v) is 9.86. The van der Waals surface area contributed by atoms with E-state index >= 15 is 0 Å². The summed E-state index contributed by atoms with van der Waals surface area (Å²) >= 11 is 6.01. The molecule has 0 fully saturated rings. The number of aromatic nitrogens is 4. The molecule has 3 rings (SSSR count). The van der Waals surface area contributed by atoms with Gasteiger partial charge in [0.1, 0.15) is 11.5 Å². The van der Waals surface area contributed by atoms with Crippen LogP contribution in [0.15, 0.2) is 39.9 Å². The number of rotatable bonds is 7. The van der Waals surface area contributed by atoms with E-state index in [2.05, 4.69) is 15.1 Å². The van der Waals surface area contributed by atoms with Gasteiger partial charge in [0.2, 0.25) is 0 Å². The Morgan fingerprint density at radius 2 is 1.97 bits per heavy atom. The van der Waals surface area contributed by atoms with Crippen molar-refractivity contribution in [1.29, 1.82) is 0 Å². The summed E-state index contributed by atoms with van der Waals surface area (Å²) in [6.07, 6.45) is 1.44. The largest absolute Gasteiger partial charge is 0.330 e. The lowest BCUT2D eigenvalue weighted by atomic mass is 10.2. The molecule has 2 heterocycles. The zero-order chi connectivity index (χ0) is 21.0. The summed E-state index contributed by atoms with van der Waals surface area (Å²) in [7, 11) is 0. The number of halogens is 1. The van der Waals surface area contributed by atoms with Gasteiger partial charge in [0.25, 0.3) is 17.0 Å². The Hall–Kier alpha value is -3.00. The highest BCUT2D eigenvalue weighted by Crippen LogP contribution is 2.15. The van der Waals surface area contributed by atoms with Crippen molar-refractivity contribution in [2.45, 2.75) is 39.8 Å². The molecule has 0 saturated heterocycles. The Labute approximate surface area is 172 Å². The number of hydrogen-bond donors (Lipinski definition) is 1. The maximum absolute atomic E-state index is 13.0. The van der Waals surface area contributed by atoms with Crippen LogP contribution >= 0.6 is 11.6 Å². The maximum atomic E-state index is 13.0. The molecule has 0 aliphatic heterocycles. The first-order valence-electron chi connectivity index (χ1n) is 9.48. The van der Waals surface area contributed by atoms with Crippen molar-refractivity contribution < 1.29 is 4.79 Å². The number of aromatic amines is 1. The van der Waals surface area contributed by atoms with Crippen molar-refractivity contribution in [3.8, 4) is 0 Å². The fraction of sp³-hybridized carbons (Fsp3) is 0.350. The van der Waals surface area contributed by atoms with Crippen LogP contribution in [-0.4, -0.2) is 37.1 Å². The van der Waals surface area contributed by atoms with Gasteiger partial charge >= 0.3 is 0 Å². The van der Waals surface area contributed by atoms with E-state index in [0.29, 0.717) is 41.3 Å². The molecule has 9 heteroatoms. The monoisotopic (exact) mass is 415 g/mol. The van der Waals surface area contributed by atoms with E-state index in [1.54, 1.807) is 23.1 Å². The molecular formula is C20H22ClN5O3. The van der Waals surface area contributed by atoms with Gasteiger partial charge in [-0.3, -0.25) is 14.4 Å². The molecule has 0 aliphatic rings. The Morgan fingerprint density at radius 3 is 2.69 bits per heavy atom. The lowest BCUT2D eigenvalue weighted by Crippen LogP contribution is -2.35. The normalized spacial score (nSPS) is 11.0. The molecule has 3 aromatic rings. The van der Waals surface area contributed by atoms with Gasteiger partial charge in [0.15, 0.2) is 0 Å². The molecular weight excluding hydrogens is 394 g/mol. The van der Waals surface area contributed by atoms with Crippen LogP contribution in [0.3, 0.4) is 0 Å². The molecule has 1 amide bonds. The van der Waals surface area contributed by atoms with Gasteiger partial charge in [-0.1, -0.05) is 25.4 Å². The van der Waals surface area contributed by atoms with E-state index in [-0.39, 0.29) is 29.3 Å². The lowest BCUT2D eigenvalue weighted by Gasteiger charge is -2.21. The third kappa shape index (κ3) is 4.71. The van der Waals surface area contributed by atoms with Gasteiger partial charge in [-0.15, -0.1) is 0 Å². The number of fused-ring (bicyclic) bond motifs is 1. The average Bonchev–Trinajstić information content (AvgIpc) is 2.68. The number of benzene rings is 1. The van der Waals surface area contributed by atoms with Crippen molar-refractivity contribution in [3.63, 3.8) is 0 Å². The first-order chi connectivity index (χ1) is 13.9. The number of hydrogen-bond acceptors (Lipinski definition) is 5. The molecule has 0 unspecified atom stereocenters. The van der Waals surface area contributed by atoms with E-state index in [1.807, 2.05) is 13.8 Å². The molecule has 0 bridgehead atoms. The highest BCUT2D eigenvalue weighted by molar-refractivity contribution is 6.31. The summed E-state index contributed by atoms with van der Waals surface area (Å²) in [6.45, 7) is 4.87. The zero-order valence-corrected chi connectivity index (χ0v) is 17.1. The minimum atomic E-state index is -0.328. The van der Waals surface area contributed by atoms with Crippen LogP contribution in [-0.2, 0) is 13.1 Å². The highest BCUT2D eigenvalue weighted by Gasteiger charge is 2.19. The first kappa shape index (κ1) is 20.7. The minimum absolute atomic E-state index is 0.110. The number of H-pyrrole nitrogens is 1. The molecule has 29 heavy (non-hydrogen) atoms. The topological polar surface area (TPSA) is 101 Å². The summed E-state index contributed by atoms with van der Waals surface area (Å²) in [5.41, 5.74) is 0.107. The number of amides is 1. The van der Waals surface area contributed by atoms with Crippen LogP contribution < -0.4 is 11.1 Å². The highest BCUT2D eigenvalue weighted by atomic mass is 35.5. The molecule has 1 N–H and O–H groups in total. The third-order valence-corrected chi connectivity index (χ3v) is 4.60. The molecule has 1 aromatic carbocycles. The number of nitrogens with zero attached hydrogens (tertiary/aromatic N) is 4. The second-order valence-electron chi connectivity index (χ2n) is 6.68. The maximum Gasteiger partial charge on any atom is 0.274 e. The Bertz CT molecular complexity index is 1150. The summed E-state index contributed by atoms with van der Waals surface area (Å²) in [5, 5.41) is 5.10. The van der Waals surface area contributed by atoms with E-state index in [4.69, 9.17) is 11.6 Å². The third-order valence-electron chi connectivity index (χ3n) is 4.36. The van der Waals surface area contributed by atoms with Crippen molar-refractivity contribution in [2.24, 2.45) is 0 Å². The molecule has 0 radical (unpaired) electrons. The van der Waals surface area contributed by atoms with Gasteiger partial charge in [-0.2, -0.15) is 5.10 Å². The molecule has 0 atom stereocenters. The van der Waals surface area contributed by atoms with Gasteiger partial charge in [0.05, 0.1) is 17.4 Å². The van der Waals surface area contributed by atoms with E-state index in [0.717, 1.165) is 6.42 Å². The summed E-state index contributed by atoms with van der Waals surface area (Å²) in [5.74, 6) is 0.0268. The van der Waals surface area contributed by atoms with Crippen LogP contribution in [0, 0.1) is 0 Å². The summed E-state index contributed by atoms with van der Waals surface area (Å²) in [4.78, 5) is 46.0. The molecule has 8 nitrogen and oxygen atoms in total. The van der Waals surface area contributed by atoms with Crippen LogP contribution in [0.25, 0.3) is 10.9 Å². The fourth-order valence-electron chi connectivity index (χ4n) is 3.04. The standard InChI is InChI=1S/C20H22ClN5O3/c1-3-9-25(20(29)15-7-8-18(27)26(24-15)10-4-2)12-17-22-16-11-13(21)5-6-14(16)19(28)23-17/h5-8,11H,3-4,9-10,12H2,1-2H3,(H,22,23,28). The number of aryl methyl sites for hydroxylation is 1. The van der Waals surface area contributed by atoms with Crippen molar-refractivity contribution in [1.82, 2.24) is 24.6 Å². The fourth-order valence-corrected chi connectivity index (χ4v) is 3.20.